The van der Waals surface area contributed by atoms with Crippen LogP contribution >= 0.6 is 11.8 Å². The van der Waals surface area contributed by atoms with Gasteiger partial charge in [0.1, 0.15) is 5.82 Å². The van der Waals surface area contributed by atoms with Crippen molar-refractivity contribution in [2.45, 2.75) is 13.8 Å². The summed E-state index contributed by atoms with van der Waals surface area (Å²) in [6, 6.07) is 9.79. The molecule has 0 radical (unpaired) electrons. The Kier molecular flexibility index (Phi) is 4.76. The van der Waals surface area contributed by atoms with E-state index in [-0.39, 0.29) is 11.7 Å². The molecule has 1 aliphatic rings. The third-order valence-electron chi connectivity index (χ3n) is 3.67. The molecule has 1 aromatic carbocycles. The Balaban J connectivity index is 1.99. The molecule has 0 unspecified atom stereocenters. The van der Waals surface area contributed by atoms with Gasteiger partial charge in [-0.1, -0.05) is 12.1 Å². The van der Waals surface area contributed by atoms with Crippen molar-refractivity contribution in [3.8, 4) is 0 Å². The van der Waals surface area contributed by atoms with Gasteiger partial charge >= 0.3 is 0 Å². The zero-order valence-corrected chi connectivity index (χ0v) is 14.2. The van der Waals surface area contributed by atoms with E-state index in [9.17, 15) is 9.18 Å². The Morgan fingerprint density at radius 1 is 1.29 bits per heavy atom. The van der Waals surface area contributed by atoms with Gasteiger partial charge in [0.05, 0.1) is 16.8 Å². The first-order chi connectivity index (χ1) is 11.6. The molecule has 3 rings (SSSR count). The fourth-order valence-corrected chi connectivity index (χ4v) is 3.48. The lowest BCUT2D eigenvalue weighted by molar-refractivity contribution is -0.122. The van der Waals surface area contributed by atoms with Gasteiger partial charge in [-0.25, -0.2) is 9.38 Å². The molecule has 1 aromatic heterocycles. The largest absolute Gasteiger partial charge is 0.287 e. The van der Waals surface area contributed by atoms with Crippen LogP contribution in [-0.4, -0.2) is 27.5 Å². The van der Waals surface area contributed by atoms with Crippen molar-refractivity contribution >= 4 is 34.1 Å². The molecule has 1 aliphatic heterocycles. The minimum Gasteiger partial charge on any atom is -0.287 e. The summed E-state index contributed by atoms with van der Waals surface area (Å²) < 4.78 is 13.1. The second-order valence-electron chi connectivity index (χ2n) is 5.22. The molecule has 0 spiro atoms. The molecule has 2 heterocycles. The monoisotopic (exact) mass is 341 g/mol. The van der Waals surface area contributed by atoms with Gasteiger partial charge < -0.3 is 0 Å². The summed E-state index contributed by atoms with van der Waals surface area (Å²) in [6.45, 7) is 4.31. The molecule has 2 aromatic rings. The Labute approximate surface area is 144 Å². The van der Waals surface area contributed by atoms with E-state index in [0.717, 1.165) is 11.1 Å². The van der Waals surface area contributed by atoms with Crippen molar-refractivity contribution in [3.05, 3.63) is 65.1 Å². The van der Waals surface area contributed by atoms with Gasteiger partial charge in [0.2, 0.25) is 0 Å². The van der Waals surface area contributed by atoms with E-state index in [1.165, 1.54) is 23.9 Å². The number of aromatic nitrogens is 1. The van der Waals surface area contributed by atoms with Crippen molar-refractivity contribution in [2.24, 2.45) is 4.99 Å². The lowest BCUT2D eigenvalue weighted by atomic mass is 10.1. The molecule has 1 amide bonds. The van der Waals surface area contributed by atoms with E-state index in [4.69, 9.17) is 0 Å². The summed E-state index contributed by atoms with van der Waals surface area (Å²) in [7, 11) is 0. The number of amides is 1. The zero-order valence-electron chi connectivity index (χ0n) is 13.4. The second-order valence-corrected chi connectivity index (χ2v) is 6.20. The van der Waals surface area contributed by atoms with Crippen molar-refractivity contribution in [3.63, 3.8) is 0 Å². The van der Waals surface area contributed by atoms with E-state index >= 15 is 0 Å². The number of thioether (sulfide) groups is 1. The molecule has 1 fully saturated rings. The number of benzene rings is 1. The maximum atomic E-state index is 13.1. The number of rotatable bonds is 3. The molecule has 0 atom stereocenters. The van der Waals surface area contributed by atoms with Crippen LogP contribution < -0.4 is 0 Å². The number of likely N-dealkylation sites (N-methyl/N-ethyl adjacent to an activating group) is 1. The van der Waals surface area contributed by atoms with Gasteiger partial charge in [-0.2, -0.15) is 0 Å². The third-order valence-corrected chi connectivity index (χ3v) is 4.85. The number of pyridine rings is 1. The number of carbonyl (C=O) groups is 1. The van der Waals surface area contributed by atoms with Gasteiger partial charge in [-0.3, -0.25) is 14.7 Å². The predicted molar refractivity (Wildman–Crippen MR) is 95.3 cm³/mol. The highest BCUT2D eigenvalue weighted by Crippen LogP contribution is 2.37. The first kappa shape index (κ1) is 16.4. The molecule has 0 N–H and O–H groups in total. The molecular weight excluding hydrogens is 325 g/mol. The van der Waals surface area contributed by atoms with Crippen LogP contribution in [0.2, 0.25) is 0 Å². The average molecular weight is 341 g/mol. The van der Waals surface area contributed by atoms with Crippen molar-refractivity contribution in [1.82, 2.24) is 9.88 Å². The minimum absolute atomic E-state index is 0.0769. The Hall–Kier alpha value is -2.47. The van der Waals surface area contributed by atoms with Crippen LogP contribution in [0.25, 0.3) is 5.57 Å². The van der Waals surface area contributed by atoms with Gasteiger partial charge in [-0.15, -0.1) is 0 Å². The van der Waals surface area contributed by atoms with Crippen molar-refractivity contribution in [2.75, 3.05) is 6.54 Å². The SMILES string of the molecule is CCN1C(=O)/C(=C(\C)c2ccc(F)cc2)SC1=Nc1cccnc1. The first-order valence-electron chi connectivity index (χ1n) is 7.55. The summed E-state index contributed by atoms with van der Waals surface area (Å²) in [4.78, 5) is 23.5. The van der Waals surface area contributed by atoms with Gasteiger partial charge in [0.25, 0.3) is 5.91 Å². The summed E-state index contributed by atoms with van der Waals surface area (Å²) in [5.41, 5.74) is 2.35. The maximum absolute atomic E-state index is 13.1. The predicted octanol–water partition coefficient (Wildman–Crippen LogP) is 4.23. The Bertz CT molecular complexity index is 816. The lowest BCUT2D eigenvalue weighted by Gasteiger charge is -2.12. The number of halogens is 1. The Morgan fingerprint density at radius 3 is 2.67 bits per heavy atom. The van der Waals surface area contributed by atoms with E-state index in [1.807, 2.05) is 19.9 Å². The molecule has 122 valence electrons. The highest BCUT2D eigenvalue weighted by Gasteiger charge is 2.33. The van der Waals surface area contributed by atoms with Crippen LogP contribution in [-0.2, 0) is 4.79 Å². The van der Waals surface area contributed by atoms with Gasteiger partial charge in [0.15, 0.2) is 5.17 Å². The molecular formula is C18H16FN3OS. The van der Waals surface area contributed by atoms with Crippen molar-refractivity contribution < 1.29 is 9.18 Å². The smallest absolute Gasteiger partial charge is 0.267 e. The van der Waals surface area contributed by atoms with Crippen LogP contribution in [0.1, 0.15) is 19.4 Å². The van der Waals surface area contributed by atoms with E-state index in [2.05, 4.69) is 9.98 Å². The van der Waals surface area contributed by atoms with Crippen LogP contribution in [0.15, 0.2) is 58.7 Å². The first-order valence-corrected chi connectivity index (χ1v) is 8.37. The van der Waals surface area contributed by atoms with E-state index in [0.29, 0.717) is 22.3 Å². The van der Waals surface area contributed by atoms with Crippen molar-refractivity contribution in [1.29, 1.82) is 0 Å². The average Bonchev–Trinajstić information content (AvgIpc) is 2.91. The number of amidine groups is 1. The molecule has 6 heteroatoms. The third kappa shape index (κ3) is 3.23. The number of allylic oxidation sites excluding steroid dienone is 1. The standard InChI is InChI=1S/C18H16FN3OS/c1-3-22-17(23)16(12(2)13-6-8-14(19)9-7-13)24-18(22)21-15-5-4-10-20-11-15/h4-11H,3H2,1-2H3/b16-12-,21-18?. The molecule has 1 saturated heterocycles. The molecule has 24 heavy (non-hydrogen) atoms. The maximum Gasteiger partial charge on any atom is 0.267 e. The van der Waals surface area contributed by atoms with Crippen LogP contribution in [0.3, 0.4) is 0 Å². The Morgan fingerprint density at radius 2 is 2.04 bits per heavy atom. The molecule has 4 nitrogen and oxygen atoms in total. The molecule has 0 bridgehead atoms. The molecule has 0 aliphatic carbocycles. The number of hydrogen-bond acceptors (Lipinski definition) is 4. The fraction of sp³-hybridized carbons (Fsp3) is 0.167. The van der Waals surface area contributed by atoms with Crippen LogP contribution in [0.5, 0.6) is 0 Å². The quantitative estimate of drug-likeness (QED) is 0.785. The number of aliphatic imine (C=N–C) groups is 1. The summed E-state index contributed by atoms with van der Waals surface area (Å²) in [5.74, 6) is -0.372. The van der Waals surface area contributed by atoms with E-state index in [1.54, 1.807) is 35.5 Å². The van der Waals surface area contributed by atoms with E-state index < -0.39 is 0 Å². The van der Waals surface area contributed by atoms with Crippen LogP contribution in [0.4, 0.5) is 10.1 Å². The number of nitrogens with zero attached hydrogens (tertiary/aromatic N) is 3. The summed E-state index contributed by atoms with van der Waals surface area (Å²) >= 11 is 1.34. The van der Waals surface area contributed by atoms with Gasteiger partial charge in [0, 0.05) is 12.7 Å². The topological polar surface area (TPSA) is 45.6 Å². The number of carbonyl (C=O) groups excluding carboxylic acids is 1. The second kappa shape index (κ2) is 6.97. The number of hydrogen-bond donors (Lipinski definition) is 0. The normalized spacial score (nSPS) is 18.4. The lowest BCUT2D eigenvalue weighted by Crippen LogP contribution is -2.28. The highest BCUT2D eigenvalue weighted by molar-refractivity contribution is 8.18. The summed E-state index contributed by atoms with van der Waals surface area (Å²) in [6.07, 6.45) is 3.33. The van der Waals surface area contributed by atoms with Gasteiger partial charge in [-0.05, 0) is 61.0 Å². The highest BCUT2D eigenvalue weighted by atomic mass is 32.2. The fourth-order valence-electron chi connectivity index (χ4n) is 2.36. The molecule has 0 saturated carbocycles. The minimum atomic E-state index is -0.295. The zero-order chi connectivity index (χ0) is 17.1. The summed E-state index contributed by atoms with van der Waals surface area (Å²) in [5, 5.41) is 0.631. The van der Waals surface area contributed by atoms with Crippen LogP contribution in [0, 0.1) is 5.82 Å².